The first kappa shape index (κ1) is 25.4. The van der Waals surface area contributed by atoms with Crippen LogP contribution in [0.15, 0.2) is 0 Å². The number of hydrogen-bond donors (Lipinski definition) is 3. The molecule has 0 unspecified atom stereocenters. The minimum atomic E-state index is -4.04. The van der Waals surface area contributed by atoms with Crippen molar-refractivity contribution in [2.75, 3.05) is 12.3 Å². The van der Waals surface area contributed by atoms with Crippen molar-refractivity contribution in [1.29, 1.82) is 0 Å². The summed E-state index contributed by atoms with van der Waals surface area (Å²) >= 11 is 0. The van der Waals surface area contributed by atoms with Crippen molar-refractivity contribution in [3.63, 3.8) is 0 Å². The number of rotatable bonds is 7. The van der Waals surface area contributed by atoms with E-state index in [1.54, 1.807) is 0 Å². The standard InChI is InChI=1S/C26H45NO5S/c1-17(4-9-24(29)27-14-15-33(30,31)32)21-7-8-22-20-6-5-18-16-19(28)10-12-25(18,2)23(20)11-13-26(21,22)3/h17-23,28H,4-16H2,1-3H3,(H,27,29)(H,30,31,32)/t17-,18-,19-,20-,21-,22-,23-,25+,26-/m1/s1. The van der Waals surface area contributed by atoms with Crippen LogP contribution in [0.5, 0.6) is 0 Å². The van der Waals surface area contributed by atoms with E-state index in [0.717, 1.165) is 37.0 Å². The molecule has 0 radical (unpaired) electrons. The molecule has 0 heterocycles. The van der Waals surface area contributed by atoms with Crippen LogP contribution in [0.2, 0.25) is 0 Å². The van der Waals surface area contributed by atoms with E-state index in [0.29, 0.717) is 35.0 Å². The highest BCUT2D eigenvalue weighted by Crippen LogP contribution is 2.68. The molecule has 6 nitrogen and oxygen atoms in total. The largest absolute Gasteiger partial charge is 0.393 e. The Morgan fingerprint density at radius 2 is 1.73 bits per heavy atom. The Morgan fingerprint density at radius 1 is 1.03 bits per heavy atom. The summed E-state index contributed by atoms with van der Waals surface area (Å²) in [4.78, 5) is 12.2. The Morgan fingerprint density at radius 3 is 2.45 bits per heavy atom. The third-order valence-electron chi connectivity index (χ3n) is 10.9. The second kappa shape index (κ2) is 9.42. The van der Waals surface area contributed by atoms with Crippen LogP contribution in [-0.2, 0) is 14.9 Å². The van der Waals surface area contributed by atoms with Crippen molar-refractivity contribution < 1.29 is 22.9 Å². The van der Waals surface area contributed by atoms with Crippen molar-refractivity contribution in [1.82, 2.24) is 5.32 Å². The average Bonchev–Trinajstić information content (AvgIpc) is 3.09. The molecule has 3 N–H and O–H groups in total. The SMILES string of the molecule is C[C@H](CCC(=O)NCCS(=O)(=O)O)[C@H]1CC[C@@H]2[C@H]3CC[C@@H]4C[C@H](O)CC[C@]4(C)[C@@H]3CC[C@@]21C. The molecule has 1 amide bonds. The lowest BCUT2D eigenvalue weighted by molar-refractivity contribution is -0.129. The van der Waals surface area contributed by atoms with Crippen molar-refractivity contribution in [2.24, 2.45) is 46.3 Å². The number of fused-ring (bicyclic) bond motifs is 5. The van der Waals surface area contributed by atoms with Crippen molar-refractivity contribution in [2.45, 2.75) is 97.5 Å². The van der Waals surface area contributed by atoms with Crippen molar-refractivity contribution in [3.05, 3.63) is 0 Å². The van der Waals surface area contributed by atoms with Gasteiger partial charge in [-0.15, -0.1) is 0 Å². The van der Waals surface area contributed by atoms with Crippen LogP contribution in [0.1, 0.15) is 91.4 Å². The summed E-state index contributed by atoms with van der Waals surface area (Å²) in [6.45, 7) is 7.34. The molecule has 0 aromatic carbocycles. The molecule has 4 fully saturated rings. The maximum absolute atomic E-state index is 12.2. The Hall–Kier alpha value is -0.660. The third kappa shape index (κ3) is 5.02. The van der Waals surface area contributed by atoms with Gasteiger partial charge in [0, 0.05) is 13.0 Å². The summed E-state index contributed by atoms with van der Waals surface area (Å²) in [5.74, 6) is 3.68. The van der Waals surface area contributed by atoms with Crippen LogP contribution in [-0.4, -0.2) is 42.4 Å². The summed E-state index contributed by atoms with van der Waals surface area (Å²) in [5, 5.41) is 12.9. The van der Waals surface area contributed by atoms with Gasteiger partial charge in [0.25, 0.3) is 10.1 Å². The van der Waals surface area contributed by atoms with E-state index >= 15 is 0 Å². The van der Waals surface area contributed by atoms with Crippen molar-refractivity contribution in [3.8, 4) is 0 Å². The van der Waals surface area contributed by atoms with Crippen LogP contribution in [0, 0.1) is 46.3 Å². The monoisotopic (exact) mass is 483 g/mol. The number of nitrogens with one attached hydrogen (secondary N) is 1. The van der Waals surface area contributed by atoms with Gasteiger partial charge in [0.15, 0.2) is 0 Å². The average molecular weight is 484 g/mol. The van der Waals surface area contributed by atoms with E-state index in [4.69, 9.17) is 4.55 Å². The van der Waals surface area contributed by atoms with Gasteiger partial charge >= 0.3 is 0 Å². The molecule has 0 aliphatic heterocycles. The molecule has 4 rings (SSSR count). The third-order valence-corrected chi connectivity index (χ3v) is 11.6. The van der Waals surface area contributed by atoms with Gasteiger partial charge in [-0.25, -0.2) is 0 Å². The molecule has 0 spiro atoms. The van der Waals surface area contributed by atoms with Gasteiger partial charge in [0.1, 0.15) is 0 Å². The van der Waals surface area contributed by atoms with Crippen molar-refractivity contribution >= 4 is 16.0 Å². The molecule has 9 atom stereocenters. The number of aliphatic hydroxyl groups excluding tert-OH is 1. The Balaban J connectivity index is 1.35. The van der Waals surface area contributed by atoms with Crippen LogP contribution < -0.4 is 5.32 Å². The fraction of sp³-hybridized carbons (Fsp3) is 0.962. The number of aliphatic hydroxyl groups is 1. The number of amides is 1. The highest BCUT2D eigenvalue weighted by Gasteiger charge is 2.60. The van der Waals surface area contributed by atoms with Gasteiger partial charge in [-0.05, 0) is 111 Å². The predicted octanol–water partition coefficient (Wildman–Crippen LogP) is 4.43. The van der Waals surface area contributed by atoms with E-state index in [1.165, 1.54) is 44.9 Å². The Labute approximate surface area is 200 Å². The fourth-order valence-corrected chi connectivity index (χ4v) is 9.54. The van der Waals surface area contributed by atoms with E-state index in [9.17, 15) is 18.3 Å². The first-order valence-electron chi connectivity index (χ1n) is 13.3. The molecule has 7 heteroatoms. The van der Waals surface area contributed by atoms with Gasteiger partial charge < -0.3 is 10.4 Å². The second-order valence-corrected chi connectivity index (χ2v) is 14.0. The highest BCUT2D eigenvalue weighted by atomic mass is 32.2. The Kier molecular flexibility index (Phi) is 7.26. The molecule has 190 valence electrons. The topological polar surface area (TPSA) is 104 Å². The summed E-state index contributed by atoms with van der Waals surface area (Å²) in [6.07, 6.45) is 12.1. The van der Waals surface area contributed by atoms with Gasteiger partial charge in [-0.2, -0.15) is 8.42 Å². The summed E-state index contributed by atoms with van der Waals surface area (Å²) in [5.41, 5.74) is 0.771. The van der Waals surface area contributed by atoms with Crippen LogP contribution in [0.4, 0.5) is 0 Å². The first-order chi connectivity index (χ1) is 15.4. The maximum Gasteiger partial charge on any atom is 0.266 e. The minimum Gasteiger partial charge on any atom is -0.393 e. The smallest absolute Gasteiger partial charge is 0.266 e. The predicted molar refractivity (Wildman–Crippen MR) is 129 cm³/mol. The molecular formula is C26H45NO5S. The quantitative estimate of drug-likeness (QED) is 0.465. The van der Waals surface area contributed by atoms with E-state index in [2.05, 4.69) is 26.1 Å². The number of carbonyl (C=O) groups excluding carboxylic acids is 1. The van der Waals surface area contributed by atoms with E-state index in [-0.39, 0.29) is 18.6 Å². The zero-order valence-corrected chi connectivity index (χ0v) is 21.6. The lowest BCUT2D eigenvalue weighted by Crippen LogP contribution is -2.54. The molecule has 0 saturated heterocycles. The normalized spacial score (nSPS) is 43.8. The maximum atomic E-state index is 12.2. The molecule has 0 aromatic heterocycles. The zero-order chi connectivity index (χ0) is 24.0. The first-order valence-corrected chi connectivity index (χ1v) is 14.9. The summed E-state index contributed by atoms with van der Waals surface area (Å²) in [7, 11) is -4.04. The molecule has 4 saturated carbocycles. The summed E-state index contributed by atoms with van der Waals surface area (Å²) in [6, 6.07) is 0. The van der Waals surface area contributed by atoms with Gasteiger partial charge in [0.2, 0.25) is 5.91 Å². The molecular weight excluding hydrogens is 438 g/mol. The van der Waals surface area contributed by atoms with Gasteiger partial charge in [0.05, 0.1) is 11.9 Å². The van der Waals surface area contributed by atoms with Gasteiger partial charge in [-0.1, -0.05) is 20.8 Å². The highest BCUT2D eigenvalue weighted by molar-refractivity contribution is 7.85. The lowest BCUT2D eigenvalue weighted by Gasteiger charge is -2.61. The molecule has 33 heavy (non-hydrogen) atoms. The van der Waals surface area contributed by atoms with E-state index in [1.807, 2.05) is 0 Å². The van der Waals surface area contributed by atoms with Gasteiger partial charge in [-0.3, -0.25) is 9.35 Å². The van der Waals surface area contributed by atoms with Crippen LogP contribution >= 0.6 is 0 Å². The summed E-state index contributed by atoms with van der Waals surface area (Å²) < 4.78 is 30.5. The minimum absolute atomic E-state index is 0.0326. The lowest BCUT2D eigenvalue weighted by atomic mass is 9.44. The Bertz CT molecular complexity index is 831. The molecule has 0 bridgehead atoms. The molecule has 4 aliphatic carbocycles. The van der Waals surface area contributed by atoms with Crippen LogP contribution in [0.3, 0.4) is 0 Å². The second-order valence-electron chi connectivity index (χ2n) is 12.5. The number of hydrogen-bond acceptors (Lipinski definition) is 4. The molecule has 4 aliphatic rings. The number of carbonyl (C=O) groups is 1. The molecule has 0 aromatic rings. The fourth-order valence-electron chi connectivity index (χ4n) is 9.18. The van der Waals surface area contributed by atoms with Crippen LogP contribution in [0.25, 0.3) is 0 Å². The van der Waals surface area contributed by atoms with E-state index < -0.39 is 15.9 Å². The zero-order valence-electron chi connectivity index (χ0n) is 20.8.